The van der Waals surface area contributed by atoms with Gasteiger partial charge < -0.3 is 9.47 Å². The summed E-state index contributed by atoms with van der Waals surface area (Å²) in [5, 5.41) is -0.425. The van der Waals surface area contributed by atoms with E-state index in [1.807, 2.05) is 61.5 Å². The molecule has 1 N–H and O–H groups in total. The summed E-state index contributed by atoms with van der Waals surface area (Å²) in [6.45, 7) is 6.91. The van der Waals surface area contributed by atoms with E-state index in [0.29, 0.717) is 19.8 Å². The summed E-state index contributed by atoms with van der Waals surface area (Å²) in [7, 11) is -3.23. The number of sulfonamides is 1. The Labute approximate surface area is 162 Å². The Kier molecular flexibility index (Phi) is 8.13. The maximum Gasteiger partial charge on any atom is 0.213 e. The number of ether oxygens (including phenoxy) is 2. The third-order valence-electron chi connectivity index (χ3n) is 4.23. The molecule has 0 fully saturated rings. The van der Waals surface area contributed by atoms with Crippen LogP contribution in [0, 0.1) is 0 Å². The molecule has 0 saturated heterocycles. The van der Waals surface area contributed by atoms with Gasteiger partial charge in [0.05, 0.1) is 18.5 Å². The van der Waals surface area contributed by atoms with Crippen molar-refractivity contribution in [3.05, 3.63) is 60.2 Å². The molecular formula is C21H29NO4S. The second kappa shape index (κ2) is 10.3. The summed E-state index contributed by atoms with van der Waals surface area (Å²) in [6, 6.07) is 17.5. The predicted octanol–water partition coefficient (Wildman–Crippen LogP) is 3.97. The van der Waals surface area contributed by atoms with E-state index in [1.54, 1.807) is 13.8 Å². The fourth-order valence-corrected chi connectivity index (χ4v) is 3.19. The van der Waals surface area contributed by atoms with E-state index in [2.05, 4.69) is 4.72 Å². The fourth-order valence-electron chi connectivity index (χ4n) is 2.37. The second-order valence-corrected chi connectivity index (χ2v) is 9.10. The van der Waals surface area contributed by atoms with Crippen molar-refractivity contribution < 1.29 is 17.9 Å². The van der Waals surface area contributed by atoms with Crippen molar-refractivity contribution in [3.63, 3.8) is 0 Å². The van der Waals surface area contributed by atoms with E-state index < -0.39 is 15.3 Å². The van der Waals surface area contributed by atoms with E-state index in [9.17, 15) is 8.42 Å². The Morgan fingerprint density at radius 1 is 0.852 bits per heavy atom. The Hall–Kier alpha value is -2.05. The van der Waals surface area contributed by atoms with Crippen LogP contribution in [0.4, 0.5) is 0 Å². The molecular weight excluding hydrogens is 362 g/mol. The van der Waals surface area contributed by atoms with E-state index in [4.69, 9.17) is 9.47 Å². The monoisotopic (exact) mass is 391 g/mol. The van der Waals surface area contributed by atoms with Crippen LogP contribution in [0.2, 0.25) is 0 Å². The topological polar surface area (TPSA) is 64.6 Å². The quantitative estimate of drug-likeness (QED) is 0.589. The summed E-state index contributed by atoms with van der Waals surface area (Å²) in [6.07, 6.45) is 0.796. The van der Waals surface area contributed by atoms with Gasteiger partial charge in [-0.1, -0.05) is 37.3 Å². The first-order valence-electron chi connectivity index (χ1n) is 9.27. The van der Waals surface area contributed by atoms with Crippen molar-refractivity contribution >= 4 is 10.0 Å². The molecule has 0 aliphatic rings. The van der Waals surface area contributed by atoms with Crippen LogP contribution in [0.1, 0.15) is 38.7 Å². The zero-order chi connectivity index (χ0) is 19.7. The number of hydrogen-bond acceptors (Lipinski definition) is 4. The molecule has 0 radical (unpaired) electrons. The average Bonchev–Trinajstić information content (AvgIpc) is 2.67. The van der Waals surface area contributed by atoms with Crippen molar-refractivity contribution in [2.75, 3.05) is 19.8 Å². The summed E-state index contributed by atoms with van der Waals surface area (Å²) in [4.78, 5) is 0. The van der Waals surface area contributed by atoms with Crippen molar-refractivity contribution in [1.29, 1.82) is 0 Å². The van der Waals surface area contributed by atoms with E-state index in [1.165, 1.54) is 0 Å². The number of para-hydroxylation sites is 1. The molecule has 2 aromatic rings. The molecule has 5 nitrogen and oxygen atoms in total. The van der Waals surface area contributed by atoms with Crippen LogP contribution in [0.25, 0.3) is 0 Å². The smallest absolute Gasteiger partial charge is 0.213 e. The number of hydrogen-bond donors (Lipinski definition) is 1. The van der Waals surface area contributed by atoms with E-state index in [0.717, 1.165) is 23.5 Å². The van der Waals surface area contributed by atoms with Gasteiger partial charge in [-0.2, -0.15) is 0 Å². The lowest BCUT2D eigenvalue weighted by atomic mass is 10.0. The van der Waals surface area contributed by atoms with Crippen LogP contribution in [0.15, 0.2) is 54.6 Å². The summed E-state index contributed by atoms with van der Waals surface area (Å²) in [5.74, 6) is 1.75. The maximum absolute atomic E-state index is 11.8. The van der Waals surface area contributed by atoms with Crippen LogP contribution in [0.3, 0.4) is 0 Å². The third kappa shape index (κ3) is 7.23. The number of nitrogens with one attached hydrogen (secondary N) is 1. The number of rotatable bonds is 11. The molecule has 6 heteroatoms. The lowest BCUT2D eigenvalue weighted by molar-refractivity contribution is 0.247. The van der Waals surface area contributed by atoms with Gasteiger partial charge in [0.2, 0.25) is 10.0 Å². The minimum absolute atomic E-state index is 0.0897. The highest BCUT2D eigenvalue weighted by molar-refractivity contribution is 7.90. The van der Waals surface area contributed by atoms with Gasteiger partial charge in [0.25, 0.3) is 0 Å². The lowest BCUT2D eigenvalue weighted by Gasteiger charge is -2.15. The van der Waals surface area contributed by atoms with Gasteiger partial charge in [-0.3, -0.25) is 0 Å². The molecule has 0 heterocycles. The molecule has 1 atom stereocenters. The maximum atomic E-state index is 11.8. The highest BCUT2D eigenvalue weighted by atomic mass is 32.2. The standard InChI is InChI=1S/C21H29NO4S/c1-17(2)27(23,24)22-16-18(3)19-10-12-21(13-11-19)26-15-7-14-25-20-8-5-4-6-9-20/h4-6,8-13,17-18,22H,7,14-16H2,1-3H3. The minimum Gasteiger partial charge on any atom is -0.493 e. The molecule has 2 aromatic carbocycles. The highest BCUT2D eigenvalue weighted by Gasteiger charge is 2.16. The highest BCUT2D eigenvalue weighted by Crippen LogP contribution is 2.19. The average molecular weight is 392 g/mol. The van der Waals surface area contributed by atoms with Gasteiger partial charge in [-0.05, 0) is 49.6 Å². The van der Waals surface area contributed by atoms with Crippen LogP contribution in [-0.4, -0.2) is 33.4 Å². The van der Waals surface area contributed by atoms with Crippen LogP contribution < -0.4 is 14.2 Å². The Morgan fingerprint density at radius 3 is 1.96 bits per heavy atom. The van der Waals surface area contributed by atoms with Crippen LogP contribution in [0.5, 0.6) is 11.5 Å². The second-order valence-electron chi connectivity index (χ2n) is 6.78. The van der Waals surface area contributed by atoms with Crippen LogP contribution in [-0.2, 0) is 10.0 Å². The normalized spacial score (nSPS) is 12.7. The first-order valence-corrected chi connectivity index (χ1v) is 10.8. The predicted molar refractivity (Wildman–Crippen MR) is 109 cm³/mol. The van der Waals surface area contributed by atoms with Crippen molar-refractivity contribution in [2.45, 2.75) is 38.4 Å². The van der Waals surface area contributed by atoms with Gasteiger partial charge in [-0.15, -0.1) is 0 Å². The van der Waals surface area contributed by atoms with E-state index >= 15 is 0 Å². The SMILES string of the molecule is CC(CNS(=O)(=O)C(C)C)c1ccc(OCCCOc2ccccc2)cc1. The van der Waals surface area contributed by atoms with Gasteiger partial charge in [0.1, 0.15) is 11.5 Å². The van der Waals surface area contributed by atoms with Crippen LogP contribution >= 0.6 is 0 Å². The van der Waals surface area contributed by atoms with Gasteiger partial charge in [0.15, 0.2) is 0 Å². The molecule has 0 aromatic heterocycles. The van der Waals surface area contributed by atoms with E-state index in [-0.39, 0.29) is 5.92 Å². The van der Waals surface area contributed by atoms with Crippen molar-refractivity contribution in [1.82, 2.24) is 4.72 Å². The molecule has 27 heavy (non-hydrogen) atoms. The molecule has 0 bridgehead atoms. The largest absolute Gasteiger partial charge is 0.493 e. The van der Waals surface area contributed by atoms with Gasteiger partial charge in [0, 0.05) is 13.0 Å². The molecule has 1 unspecified atom stereocenters. The molecule has 0 aliphatic heterocycles. The van der Waals surface area contributed by atoms with Gasteiger partial charge in [-0.25, -0.2) is 13.1 Å². The zero-order valence-corrected chi connectivity index (χ0v) is 17.0. The zero-order valence-electron chi connectivity index (χ0n) is 16.2. The number of benzene rings is 2. The molecule has 0 spiro atoms. The molecule has 0 aliphatic carbocycles. The Bertz CT molecular complexity index is 774. The summed E-state index contributed by atoms with van der Waals surface area (Å²) < 4.78 is 37.7. The summed E-state index contributed by atoms with van der Waals surface area (Å²) >= 11 is 0. The lowest BCUT2D eigenvalue weighted by Crippen LogP contribution is -2.33. The molecule has 148 valence electrons. The first-order chi connectivity index (χ1) is 12.9. The Balaban J connectivity index is 1.71. The van der Waals surface area contributed by atoms with Crippen molar-refractivity contribution in [3.8, 4) is 11.5 Å². The van der Waals surface area contributed by atoms with Crippen molar-refractivity contribution in [2.24, 2.45) is 0 Å². The third-order valence-corrected chi connectivity index (χ3v) is 6.04. The molecule has 2 rings (SSSR count). The van der Waals surface area contributed by atoms with Gasteiger partial charge >= 0.3 is 0 Å². The molecule has 0 saturated carbocycles. The Morgan fingerprint density at radius 2 is 1.41 bits per heavy atom. The first kappa shape index (κ1) is 21.3. The summed E-state index contributed by atoms with van der Waals surface area (Å²) in [5.41, 5.74) is 1.07. The minimum atomic E-state index is -3.23. The molecule has 0 amide bonds. The fraction of sp³-hybridized carbons (Fsp3) is 0.429.